The lowest BCUT2D eigenvalue weighted by Crippen LogP contribution is -2.00. The third-order valence-electron chi connectivity index (χ3n) is 3.76. The van der Waals surface area contributed by atoms with Gasteiger partial charge in [0.2, 0.25) is 11.8 Å². The molecule has 4 aromatic rings. The van der Waals surface area contributed by atoms with Gasteiger partial charge < -0.3 is 15.4 Å². The van der Waals surface area contributed by atoms with Crippen LogP contribution in [0.3, 0.4) is 0 Å². The van der Waals surface area contributed by atoms with Gasteiger partial charge in [0.05, 0.1) is 16.6 Å². The summed E-state index contributed by atoms with van der Waals surface area (Å²) in [5, 5.41) is 21.7. The minimum atomic E-state index is -1.07. The van der Waals surface area contributed by atoms with Gasteiger partial charge in [-0.1, -0.05) is 12.1 Å². The second kappa shape index (κ2) is 6.49. The molecule has 0 saturated heterocycles. The van der Waals surface area contributed by atoms with Gasteiger partial charge in [-0.25, -0.2) is 24.7 Å². The molecule has 3 heterocycles. The van der Waals surface area contributed by atoms with Crippen molar-refractivity contribution in [3.63, 3.8) is 0 Å². The van der Waals surface area contributed by atoms with Crippen molar-refractivity contribution < 1.29 is 9.90 Å². The van der Waals surface area contributed by atoms with Gasteiger partial charge in [-0.15, -0.1) is 0 Å². The quantitative estimate of drug-likeness (QED) is 0.497. The van der Waals surface area contributed by atoms with Crippen molar-refractivity contribution >= 4 is 28.6 Å². The monoisotopic (exact) mass is 358 g/mol. The maximum atomic E-state index is 11.5. The number of carboxylic acid groups (broad SMARTS) is 1. The van der Waals surface area contributed by atoms with Crippen molar-refractivity contribution in [2.75, 3.05) is 5.32 Å². The number of aromatic nitrogens is 6. The number of hydrogen-bond acceptors (Lipinski definition) is 8. The van der Waals surface area contributed by atoms with Gasteiger partial charge in [-0.2, -0.15) is 10.2 Å². The van der Waals surface area contributed by atoms with Crippen molar-refractivity contribution in [3.05, 3.63) is 54.5 Å². The molecule has 1 aromatic carbocycles. The Morgan fingerprint density at radius 2 is 2.04 bits per heavy atom. The van der Waals surface area contributed by atoms with Crippen LogP contribution in [0.15, 0.2) is 43.1 Å². The second-order valence-corrected chi connectivity index (χ2v) is 5.40. The highest BCUT2D eigenvalue weighted by atomic mass is 16.4. The standard InChI is InChI=1S/C17H10N8O2/c18-5-12-20-7-23-17(25-12)24-10-3-1-2-9(4-10)14-13-11(16(26)27)6-19-15(13)22-8-21-14/h1-4,6-8H,(H,26,27)(H,19,21,22)(H,20,23,24,25). The Labute approximate surface area is 151 Å². The zero-order chi connectivity index (χ0) is 18.8. The molecular formula is C17H10N8O2. The maximum absolute atomic E-state index is 11.5. The Balaban J connectivity index is 1.77. The van der Waals surface area contributed by atoms with Crippen LogP contribution < -0.4 is 5.32 Å². The highest BCUT2D eigenvalue weighted by Crippen LogP contribution is 2.30. The molecule has 0 aliphatic rings. The average Bonchev–Trinajstić information content (AvgIpc) is 3.13. The normalized spacial score (nSPS) is 10.5. The highest BCUT2D eigenvalue weighted by Gasteiger charge is 2.17. The van der Waals surface area contributed by atoms with E-state index < -0.39 is 5.97 Å². The van der Waals surface area contributed by atoms with E-state index in [2.05, 4.69) is 35.2 Å². The molecule has 3 N–H and O–H groups in total. The Hall–Kier alpha value is -4.39. The molecule has 4 rings (SSSR count). The molecule has 130 valence electrons. The van der Waals surface area contributed by atoms with E-state index >= 15 is 0 Å². The van der Waals surface area contributed by atoms with Crippen LogP contribution in [0.5, 0.6) is 0 Å². The summed E-state index contributed by atoms with van der Waals surface area (Å²) >= 11 is 0. The number of aromatic amines is 1. The molecule has 0 atom stereocenters. The number of anilines is 2. The zero-order valence-corrected chi connectivity index (χ0v) is 13.6. The second-order valence-electron chi connectivity index (χ2n) is 5.40. The minimum Gasteiger partial charge on any atom is -0.478 e. The zero-order valence-electron chi connectivity index (χ0n) is 13.6. The van der Waals surface area contributed by atoms with Crippen molar-refractivity contribution in [3.8, 4) is 17.3 Å². The summed E-state index contributed by atoms with van der Waals surface area (Å²) in [5.74, 6) is -0.847. The molecule has 0 aliphatic heterocycles. The molecule has 0 aliphatic carbocycles. The van der Waals surface area contributed by atoms with Gasteiger partial charge >= 0.3 is 5.97 Å². The first-order chi connectivity index (χ1) is 13.2. The number of aromatic carboxylic acids is 1. The lowest BCUT2D eigenvalue weighted by atomic mass is 10.1. The van der Waals surface area contributed by atoms with Crippen LogP contribution in [0, 0.1) is 11.3 Å². The first-order valence-corrected chi connectivity index (χ1v) is 7.67. The topological polar surface area (TPSA) is 153 Å². The van der Waals surface area contributed by atoms with Crippen LogP contribution in [0.2, 0.25) is 0 Å². The first-order valence-electron chi connectivity index (χ1n) is 7.67. The SMILES string of the molecule is N#Cc1ncnc(Nc2cccc(-c3ncnc4[nH]cc(C(=O)O)c34)c2)n1. The van der Waals surface area contributed by atoms with E-state index in [1.165, 1.54) is 18.9 Å². The fourth-order valence-corrected chi connectivity index (χ4v) is 2.63. The van der Waals surface area contributed by atoms with Gasteiger partial charge in [0.25, 0.3) is 0 Å². The molecule has 0 fully saturated rings. The van der Waals surface area contributed by atoms with Crippen LogP contribution >= 0.6 is 0 Å². The number of rotatable bonds is 4. The Morgan fingerprint density at radius 3 is 2.85 bits per heavy atom. The lowest BCUT2D eigenvalue weighted by Gasteiger charge is -2.08. The predicted molar refractivity (Wildman–Crippen MR) is 94.1 cm³/mol. The summed E-state index contributed by atoms with van der Waals surface area (Å²) < 4.78 is 0. The van der Waals surface area contributed by atoms with E-state index in [4.69, 9.17) is 5.26 Å². The van der Waals surface area contributed by atoms with E-state index in [1.807, 2.05) is 6.07 Å². The van der Waals surface area contributed by atoms with Gasteiger partial charge in [-0.05, 0) is 12.1 Å². The molecule has 10 heteroatoms. The van der Waals surface area contributed by atoms with Gasteiger partial charge in [0.1, 0.15) is 24.4 Å². The number of hydrogen-bond donors (Lipinski definition) is 3. The van der Waals surface area contributed by atoms with Crippen LogP contribution in [0.4, 0.5) is 11.6 Å². The van der Waals surface area contributed by atoms with E-state index in [0.717, 1.165) is 0 Å². The molecule has 27 heavy (non-hydrogen) atoms. The summed E-state index contributed by atoms with van der Waals surface area (Å²) in [6, 6.07) is 8.99. The van der Waals surface area contributed by atoms with Crippen molar-refractivity contribution in [2.45, 2.75) is 0 Å². The molecule has 0 unspecified atom stereocenters. The molecule has 0 radical (unpaired) electrons. The Morgan fingerprint density at radius 1 is 1.19 bits per heavy atom. The first kappa shape index (κ1) is 16.1. The van der Waals surface area contributed by atoms with Crippen LogP contribution in [-0.4, -0.2) is 41.0 Å². The number of nitrogens with one attached hydrogen (secondary N) is 2. The van der Waals surface area contributed by atoms with Gasteiger partial charge in [0.15, 0.2) is 0 Å². The van der Waals surface area contributed by atoms with E-state index in [-0.39, 0.29) is 17.3 Å². The highest BCUT2D eigenvalue weighted by molar-refractivity contribution is 6.07. The fraction of sp³-hybridized carbons (Fsp3) is 0. The largest absolute Gasteiger partial charge is 0.478 e. The van der Waals surface area contributed by atoms with E-state index in [9.17, 15) is 9.90 Å². The average molecular weight is 358 g/mol. The number of nitriles is 1. The van der Waals surface area contributed by atoms with Crippen molar-refractivity contribution in [1.29, 1.82) is 5.26 Å². The molecule has 0 bridgehead atoms. The van der Waals surface area contributed by atoms with Crippen molar-refractivity contribution in [1.82, 2.24) is 29.9 Å². The summed E-state index contributed by atoms with van der Waals surface area (Å²) in [7, 11) is 0. The minimum absolute atomic E-state index is 0.000383. The molecule has 0 saturated carbocycles. The number of fused-ring (bicyclic) bond motifs is 1. The number of benzene rings is 1. The Bertz CT molecular complexity index is 1210. The van der Waals surface area contributed by atoms with E-state index in [0.29, 0.717) is 28.0 Å². The Kier molecular flexibility index (Phi) is 3.87. The summed E-state index contributed by atoms with van der Waals surface area (Å²) in [4.78, 5) is 34.3. The van der Waals surface area contributed by atoms with Crippen LogP contribution in [0.1, 0.15) is 16.2 Å². The number of H-pyrrole nitrogens is 1. The number of carbonyl (C=O) groups is 1. The molecule has 10 nitrogen and oxygen atoms in total. The van der Waals surface area contributed by atoms with Crippen LogP contribution in [0.25, 0.3) is 22.3 Å². The molecule has 3 aromatic heterocycles. The number of carboxylic acids is 1. The summed E-state index contributed by atoms with van der Waals surface area (Å²) in [6.07, 6.45) is 4.00. The van der Waals surface area contributed by atoms with Crippen LogP contribution in [-0.2, 0) is 0 Å². The molecule has 0 amide bonds. The predicted octanol–water partition coefficient (Wildman–Crippen LogP) is 2.12. The lowest BCUT2D eigenvalue weighted by molar-refractivity contribution is 0.0699. The fourth-order valence-electron chi connectivity index (χ4n) is 2.63. The third-order valence-corrected chi connectivity index (χ3v) is 3.76. The maximum Gasteiger partial charge on any atom is 0.338 e. The van der Waals surface area contributed by atoms with Gasteiger partial charge in [0, 0.05) is 17.4 Å². The van der Waals surface area contributed by atoms with E-state index in [1.54, 1.807) is 24.3 Å². The third kappa shape index (κ3) is 3.00. The smallest absolute Gasteiger partial charge is 0.338 e. The van der Waals surface area contributed by atoms with Crippen molar-refractivity contribution in [2.24, 2.45) is 0 Å². The summed E-state index contributed by atoms with van der Waals surface area (Å²) in [6.45, 7) is 0. The summed E-state index contributed by atoms with van der Waals surface area (Å²) in [5.41, 5.74) is 2.34. The molecular weight excluding hydrogens is 348 g/mol. The molecule has 0 spiro atoms. The number of nitrogens with zero attached hydrogens (tertiary/aromatic N) is 6. The van der Waals surface area contributed by atoms with Gasteiger partial charge in [-0.3, -0.25) is 0 Å².